The minimum Gasteiger partial charge on any atom is -0.435 e. The summed E-state index contributed by atoms with van der Waals surface area (Å²) in [4.78, 5) is 11.9. The number of rotatable bonds is 5. The second-order valence-electron chi connectivity index (χ2n) is 4.01. The molecule has 0 spiro atoms. The molecular formula is C16H12F2O2. The molecule has 0 N–H and O–H groups in total. The first kappa shape index (κ1) is 13.9. The largest absolute Gasteiger partial charge is 0.435 e. The average Bonchev–Trinajstić information content (AvgIpc) is 2.46. The van der Waals surface area contributed by atoms with Crippen LogP contribution in [0, 0.1) is 0 Å². The molecule has 0 aliphatic carbocycles. The first-order valence-electron chi connectivity index (χ1n) is 5.97. The molecule has 0 fully saturated rings. The molecule has 0 atom stereocenters. The van der Waals surface area contributed by atoms with E-state index in [2.05, 4.69) is 4.74 Å². The van der Waals surface area contributed by atoms with Gasteiger partial charge in [-0.25, -0.2) is 0 Å². The lowest BCUT2D eigenvalue weighted by molar-refractivity contribution is -0.0498. The van der Waals surface area contributed by atoms with Crippen molar-refractivity contribution in [3.8, 4) is 5.75 Å². The van der Waals surface area contributed by atoms with Gasteiger partial charge >= 0.3 is 6.61 Å². The van der Waals surface area contributed by atoms with Gasteiger partial charge in [-0.3, -0.25) is 4.79 Å². The van der Waals surface area contributed by atoms with E-state index in [0.717, 1.165) is 5.56 Å². The van der Waals surface area contributed by atoms with Crippen LogP contribution in [0.25, 0.3) is 6.08 Å². The van der Waals surface area contributed by atoms with Crippen molar-refractivity contribution in [2.45, 2.75) is 6.61 Å². The highest BCUT2D eigenvalue weighted by molar-refractivity contribution is 6.06. The molecule has 20 heavy (non-hydrogen) atoms. The van der Waals surface area contributed by atoms with Gasteiger partial charge in [-0.1, -0.05) is 36.4 Å². The summed E-state index contributed by atoms with van der Waals surface area (Å²) in [5, 5.41) is 0. The molecule has 0 aliphatic rings. The van der Waals surface area contributed by atoms with E-state index in [0.29, 0.717) is 5.56 Å². The zero-order valence-corrected chi connectivity index (χ0v) is 10.5. The molecular weight excluding hydrogens is 262 g/mol. The molecule has 0 aromatic heterocycles. The summed E-state index contributed by atoms with van der Waals surface area (Å²) in [7, 11) is 0. The number of carbonyl (C=O) groups excluding carboxylic acids is 1. The quantitative estimate of drug-likeness (QED) is 0.603. The summed E-state index contributed by atoms with van der Waals surface area (Å²) >= 11 is 0. The van der Waals surface area contributed by atoms with E-state index in [1.807, 2.05) is 30.3 Å². The number of hydrogen-bond acceptors (Lipinski definition) is 2. The predicted molar refractivity (Wildman–Crippen MR) is 72.9 cm³/mol. The Morgan fingerprint density at radius 3 is 2.25 bits per heavy atom. The first-order chi connectivity index (χ1) is 9.65. The van der Waals surface area contributed by atoms with Gasteiger partial charge in [-0.15, -0.1) is 0 Å². The minimum absolute atomic E-state index is 0.0311. The molecule has 102 valence electrons. The molecule has 0 unspecified atom stereocenters. The third kappa shape index (κ3) is 4.02. The van der Waals surface area contributed by atoms with Gasteiger partial charge in [0, 0.05) is 5.56 Å². The van der Waals surface area contributed by atoms with E-state index in [1.165, 1.54) is 30.3 Å². The molecule has 0 heterocycles. The van der Waals surface area contributed by atoms with Crippen LogP contribution in [-0.2, 0) is 0 Å². The van der Waals surface area contributed by atoms with Gasteiger partial charge in [0.15, 0.2) is 5.78 Å². The van der Waals surface area contributed by atoms with Crippen LogP contribution in [0.15, 0.2) is 60.7 Å². The molecule has 2 rings (SSSR count). The van der Waals surface area contributed by atoms with Crippen LogP contribution < -0.4 is 4.74 Å². The van der Waals surface area contributed by atoms with Crippen molar-refractivity contribution < 1.29 is 18.3 Å². The first-order valence-corrected chi connectivity index (χ1v) is 5.97. The van der Waals surface area contributed by atoms with E-state index >= 15 is 0 Å². The summed E-state index contributed by atoms with van der Waals surface area (Å²) in [5.74, 6) is -0.166. The number of hydrogen-bond donors (Lipinski definition) is 0. The normalized spacial score (nSPS) is 10.9. The van der Waals surface area contributed by atoms with Gasteiger partial charge < -0.3 is 4.74 Å². The summed E-state index contributed by atoms with van der Waals surface area (Å²) in [6.45, 7) is -2.87. The fourth-order valence-corrected chi connectivity index (χ4v) is 1.63. The van der Waals surface area contributed by atoms with Crippen LogP contribution in [0.3, 0.4) is 0 Å². The molecule has 2 nitrogen and oxygen atoms in total. The number of carbonyl (C=O) groups is 1. The van der Waals surface area contributed by atoms with Crippen LogP contribution in [0.1, 0.15) is 15.9 Å². The van der Waals surface area contributed by atoms with Gasteiger partial charge in [0.25, 0.3) is 0 Å². The molecule has 0 saturated heterocycles. The summed E-state index contributed by atoms with van der Waals surface area (Å²) in [5.41, 5.74) is 1.33. The lowest BCUT2D eigenvalue weighted by Gasteiger charge is -2.04. The molecule has 0 amide bonds. The average molecular weight is 274 g/mol. The van der Waals surface area contributed by atoms with Crippen molar-refractivity contribution >= 4 is 11.9 Å². The Bertz CT molecular complexity index is 590. The zero-order valence-electron chi connectivity index (χ0n) is 10.5. The predicted octanol–water partition coefficient (Wildman–Crippen LogP) is 4.18. The van der Waals surface area contributed by atoms with E-state index in [9.17, 15) is 13.6 Å². The highest BCUT2D eigenvalue weighted by Crippen LogP contribution is 2.15. The van der Waals surface area contributed by atoms with E-state index in [1.54, 1.807) is 6.08 Å². The second-order valence-corrected chi connectivity index (χ2v) is 4.01. The van der Waals surface area contributed by atoms with E-state index in [-0.39, 0.29) is 11.5 Å². The van der Waals surface area contributed by atoms with Gasteiger partial charge in [0.2, 0.25) is 0 Å². The van der Waals surface area contributed by atoms with Gasteiger partial charge in [-0.05, 0) is 35.9 Å². The lowest BCUT2D eigenvalue weighted by atomic mass is 10.1. The van der Waals surface area contributed by atoms with Gasteiger partial charge in [0.05, 0.1) is 0 Å². The van der Waals surface area contributed by atoms with Crippen molar-refractivity contribution in [3.05, 3.63) is 71.8 Å². The van der Waals surface area contributed by atoms with Crippen molar-refractivity contribution in [1.29, 1.82) is 0 Å². The Labute approximate surface area is 115 Å². The lowest BCUT2D eigenvalue weighted by Crippen LogP contribution is -2.02. The Balaban J connectivity index is 2.04. The minimum atomic E-state index is -2.87. The molecule has 0 saturated carbocycles. The molecule has 0 radical (unpaired) electrons. The summed E-state index contributed by atoms with van der Waals surface area (Å²) in [6, 6.07) is 15.0. The second kappa shape index (κ2) is 6.61. The van der Waals surface area contributed by atoms with Crippen molar-refractivity contribution in [1.82, 2.24) is 0 Å². The third-order valence-corrected chi connectivity index (χ3v) is 2.59. The Kier molecular flexibility index (Phi) is 4.60. The SMILES string of the molecule is O=C(/C=C/c1ccccc1)c1ccc(OC(F)F)cc1. The fraction of sp³-hybridized carbons (Fsp3) is 0.0625. The monoisotopic (exact) mass is 274 g/mol. The fourth-order valence-electron chi connectivity index (χ4n) is 1.63. The number of ether oxygens (including phenoxy) is 1. The number of allylic oxidation sites excluding steroid dienone is 1. The molecule has 4 heteroatoms. The molecule has 0 aliphatic heterocycles. The van der Waals surface area contributed by atoms with Crippen LogP contribution in [0.2, 0.25) is 0 Å². The van der Waals surface area contributed by atoms with Crippen molar-refractivity contribution in [3.63, 3.8) is 0 Å². The van der Waals surface area contributed by atoms with E-state index < -0.39 is 6.61 Å². The summed E-state index contributed by atoms with van der Waals surface area (Å²) < 4.78 is 28.2. The highest BCUT2D eigenvalue weighted by Gasteiger charge is 2.06. The third-order valence-electron chi connectivity index (χ3n) is 2.59. The molecule has 0 bridgehead atoms. The molecule has 2 aromatic carbocycles. The number of halogens is 2. The maximum atomic E-state index is 12.0. The Hall–Kier alpha value is -2.49. The number of benzene rings is 2. The van der Waals surface area contributed by atoms with Crippen molar-refractivity contribution in [2.75, 3.05) is 0 Å². The number of alkyl halides is 2. The maximum Gasteiger partial charge on any atom is 0.387 e. The Morgan fingerprint density at radius 2 is 1.65 bits per heavy atom. The smallest absolute Gasteiger partial charge is 0.387 e. The standard InChI is InChI=1S/C16H12F2O2/c17-16(18)20-14-9-7-13(8-10-14)15(19)11-6-12-4-2-1-3-5-12/h1-11,16H/b11-6+. The van der Waals surface area contributed by atoms with Gasteiger partial charge in [-0.2, -0.15) is 8.78 Å². The highest BCUT2D eigenvalue weighted by atomic mass is 19.3. The van der Waals surface area contributed by atoms with Crippen LogP contribution in [0.5, 0.6) is 5.75 Å². The Morgan fingerprint density at radius 1 is 1.00 bits per heavy atom. The topological polar surface area (TPSA) is 26.3 Å². The van der Waals surface area contributed by atoms with Crippen LogP contribution in [-0.4, -0.2) is 12.4 Å². The zero-order chi connectivity index (χ0) is 14.4. The van der Waals surface area contributed by atoms with Crippen molar-refractivity contribution in [2.24, 2.45) is 0 Å². The number of ketones is 1. The van der Waals surface area contributed by atoms with Crippen LogP contribution >= 0.6 is 0 Å². The van der Waals surface area contributed by atoms with Gasteiger partial charge in [0.1, 0.15) is 5.75 Å². The summed E-state index contributed by atoms with van der Waals surface area (Å²) in [6.07, 6.45) is 3.14. The van der Waals surface area contributed by atoms with E-state index in [4.69, 9.17) is 0 Å². The maximum absolute atomic E-state index is 12.0. The van der Waals surface area contributed by atoms with Crippen LogP contribution in [0.4, 0.5) is 8.78 Å². The molecule has 2 aromatic rings.